The van der Waals surface area contributed by atoms with Crippen LogP contribution in [0.15, 0.2) is 6.07 Å². The summed E-state index contributed by atoms with van der Waals surface area (Å²) in [6.07, 6.45) is 5.59. The van der Waals surface area contributed by atoms with Gasteiger partial charge in [-0.3, -0.25) is 0 Å². The second-order valence-electron chi connectivity index (χ2n) is 5.83. The van der Waals surface area contributed by atoms with Gasteiger partial charge in [0.15, 0.2) is 5.65 Å². The fourth-order valence-corrected chi connectivity index (χ4v) is 3.33. The van der Waals surface area contributed by atoms with E-state index in [1.807, 2.05) is 4.52 Å². The summed E-state index contributed by atoms with van der Waals surface area (Å²) < 4.78 is 2.03. The summed E-state index contributed by atoms with van der Waals surface area (Å²) in [4.78, 5) is 4.80. The molecule has 4 rings (SSSR count). The average molecular weight is 271 g/mol. The van der Waals surface area contributed by atoms with Gasteiger partial charge in [0.05, 0.1) is 5.69 Å². The van der Waals surface area contributed by atoms with Gasteiger partial charge < -0.3 is 10.6 Å². The van der Waals surface area contributed by atoms with Crippen molar-refractivity contribution in [2.45, 2.75) is 45.1 Å². The van der Waals surface area contributed by atoms with Crippen molar-refractivity contribution in [1.29, 1.82) is 0 Å². The van der Waals surface area contributed by atoms with E-state index in [-0.39, 0.29) is 0 Å². The Balaban J connectivity index is 1.83. The van der Waals surface area contributed by atoms with E-state index in [4.69, 9.17) is 10.1 Å². The molecule has 5 nitrogen and oxygen atoms in total. The molecule has 2 aromatic rings. The Labute approximate surface area is 118 Å². The minimum absolute atomic E-state index is 0.513. The lowest BCUT2D eigenvalue weighted by Crippen LogP contribution is -2.24. The maximum absolute atomic E-state index is 4.80. The van der Waals surface area contributed by atoms with E-state index < -0.39 is 0 Å². The quantitative estimate of drug-likeness (QED) is 0.889. The summed E-state index contributed by atoms with van der Waals surface area (Å²) in [5, 5.41) is 11.9. The molecule has 1 aliphatic carbocycles. The average Bonchev–Trinajstić information content (AvgIpc) is 3.17. The standard InChI is InChI=1S/C15H21N5/c1-2-10-8-14-18-13-5-3-4-12(13)15(20(14)19-10)17-11-6-7-16-9-11/h8,11,16-17H,2-7,9H2,1H3. The number of nitrogens with one attached hydrogen (secondary N) is 2. The third kappa shape index (κ3) is 1.88. The molecule has 0 saturated carbocycles. The molecule has 1 atom stereocenters. The molecular weight excluding hydrogens is 250 g/mol. The van der Waals surface area contributed by atoms with E-state index in [2.05, 4.69) is 23.6 Å². The van der Waals surface area contributed by atoms with Crippen molar-refractivity contribution < 1.29 is 0 Å². The first-order valence-electron chi connectivity index (χ1n) is 7.73. The molecule has 106 valence electrons. The van der Waals surface area contributed by atoms with Crippen molar-refractivity contribution in [3.63, 3.8) is 0 Å². The molecule has 0 spiro atoms. The highest BCUT2D eigenvalue weighted by atomic mass is 15.3. The molecule has 2 aromatic heterocycles. The summed E-state index contributed by atoms with van der Waals surface area (Å²) in [5.74, 6) is 1.19. The van der Waals surface area contributed by atoms with Gasteiger partial charge in [0.25, 0.3) is 0 Å². The highest BCUT2D eigenvalue weighted by molar-refractivity contribution is 5.58. The SMILES string of the molecule is CCc1cc2nc3c(c(NC4CCNC4)n2n1)CCC3. The van der Waals surface area contributed by atoms with E-state index in [9.17, 15) is 0 Å². The van der Waals surface area contributed by atoms with Crippen molar-refractivity contribution in [1.82, 2.24) is 19.9 Å². The Bertz CT molecular complexity index is 639. The van der Waals surface area contributed by atoms with Crippen molar-refractivity contribution >= 4 is 11.5 Å². The molecule has 1 saturated heterocycles. The lowest BCUT2D eigenvalue weighted by Gasteiger charge is -2.17. The summed E-state index contributed by atoms with van der Waals surface area (Å²) in [6, 6.07) is 2.64. The van der Waals surface area contributed by atoms with Crippen LogP contribution < -0.4 is 10.6 Å². The Kier molecular flexibility index (Phi) is 2.88. The van der Waals surface area contributed by atoms with Crippen LogP contribution >= 0.6 is 0 Å². The predicted molar refractivity (Wildman–Crippen MR) is 79.3 cm³/mol. The third-order valence-corrected chi connectivity index (χ3v) is 4.44. The summed E-state index contributed by atoms with van der Waals surface area (Å²) in [7, 11) is 0. The van der Waals surface area contributed by atoms with Crippen LogP contribution in [0, 0.1) is 0 Å². The molecule has 1 unspecified atom stereocenters. The number of aryl methyl sites for hydroxylation is 2. The van der Waals surface area contributed by atoms with Crippen LogP contribution in [0.4, 0.5) is 5.82 Å². The molecule has 0 aromatic carbocycles. The normalized spacial score (nSPS) is 21.6. The van der Waals surface area contributed by atoms with Crippen LogP contribution in [0.1, 0.15) is 36.7 Å². The van der Waals surface area contributed by atoms with Crippen LogP contribution in [0.2, 0.25) is 0 Å². The highest BCUT2D eigenvalue weighted by Gasteiger charge is 2.24. The second-order valence-corrected chi connectivity index (χ2v) is 5.83. The van der Waals surface area contributed by atoms with Crippen LogP contribution in [-0.4, -0.2) is 33.7 Å². The number of hydrogen-bond acceptors (Lipinski definition) is 4. The van der Waals surface area contributed by atoms with E-state index in [1.165, 1.54) is 29.9 Å². The fraction of sp³-hybridized carbons (Fsp3) is 0.600. The minimum atomic E-state index is 0.513. The second kappa shape index (κ2) is 4.74. The fourth-order valence-electron chi connectivity index (χ4n) is 3.33. The molecule has 3 heterocycles. The Morgan fingerprint density at radius 1 is 1.45 bits per heavy atom. The largest absolute Gasteiger partial charge is 0.366 e. The molecule has 2 aliphatic rings. The molecule has 2 N–H and O–H groups in total. The highest BCUT2D eigenvalue weighted by Crippen LogP contribution is 2.29. The number of anilines is 1. The summed E-state index contributed by atoms with van der Waals surface area (Å²) in [5.41, 5.74) is 4.77. The maximum atomic E-state index is 4.80. The van der Waals surface area contributed by atoms with Crippen molar-refractivity contribution in [3.8, 4) is 0 Å². The monoisotopic (exact) mass is 271 g/mol. The van der Waals surface area contributed by atoms with Gasteiger partial charge in [0, 0.05) is 29.9 Å². The first-order valence-corrected chi connectivity index (χ1v) is 7.73. The van der Waals surface area contributed by atoms with Gasteiger partial charge in [0.2, 0.25) is 0 Å². The molecular formula is C15H21N5. The van der Waals surface area contributed by atoms with Gasteiger partial charge in [-0.25, -0.2) is 4.98 Å². The van der Waals surface area contributed by atoms with Crippen LogP contribution in [0.3, 0.4) is 0 Å². The number of hydrogen-bond donors (Lipinski definition) is 2. The molecule has 1 fully saturated rings. The van der Waals surface area contributed by atoms with E-state index in [0.29, 0.717) is 6.04 Å². The Morgan fingerprint density at radius 2 is 2.40 bits per heavy atom. The first kappa shape index (κ1) is 12.1. The Hall–Kier alpha value is -1.62. The third-order valence-electron chi connectivity index (χ3n) is 4.44. The summed E-state index contributed by atoms with van der Waals surface area (Å²) in [6.45, 7) is 4.29. The molecule has 20 heavy (non-hydrogen) atoms. The molecule has 0 amide bonds. The zero-order chi connectivity index (χ0) is 13.5. The van der Waals surface area contributed by atoms with E-state index >= 15 is 0 Å². The smallest absolute Gasteiger partial charge is 0.157 e. The van der Waals surface area contributed by atoms with Crippen molar-refractivity contribution in [2.24, 2.45) is 0 Å². The van der Waals surface area contributed by atoms with E-state index in [0.717, 1.165) is 43.7 Å². The number of fused-ring (bicyclic) bond motifs is 2. The number of nitrogens with zero attached hydrogens (tertiary/aromatic N) is 3. The molecule has 0 radical (unpaired) electrons. The number of rotatable bonds is 3. The van der Waals surface area contributed by atoms with Gasteiger partial charge in [-0.2, -0.15) is 9.61 Å². The van der Waals surface area contributed by atoms with Crippen molar-refractivity contribution in [2.75, 3.05) is 18.4 Å². The van der Waals surface area contributed by atoms with E-state index in [1.54, 1.807) is 0 Å². The van der Waals surface area contributed by atoms with Gasteiger partial charge in [-0.15, -0.1) is 0 Å². The zero-order valence-corrected chi connectivity index (χ0v) is 11.9. The molecule has 5 heteroatoms. The van der Waals surface area contributed by atoms with Gasteiger partial charge in [-0.1, -0.05) is 6.92 Å². The van der Waals surface area contributed by atoms with Crippen LogP contribution in [-0.2, 0) is 19.3 Å². The van der Waals surface area contributed by atoms with Crippen LogP contribution in [0.25, 0.3) is 5.65 Å². The zero-order valence-electron chi connectivity index (χ0n) is 11.9. The minimum Gasteiger partial charge on any atom is -0.366 e. The lowest BCUT2D eigenvalue weighted by molar-refractivity contribution is 0.766. The molecule has 1 aliphatic heterocycles. The van der Waals surface area contributed by atoms with Crippen LogP contribution in [0.5, 0.6) is 0 Å². The molecule has 0 bridgehead atoms. The van der Waals surface area contributed by atoms with Gasteiger partial charge in [0.1, 0.15) is 5.82 Å². The topological polar surface area (TPSA) is 54.2 Å². The maximum Gasteiger partial charge on any atom is 0.157 e. The summed E-state index contributed by atoms with van der Waals surface area (Å²) >= 11 is 0. The van der Waals surface area contributed by atoms with Gasteiger partial charge in [-0.05, 0) is 38.6 Å². The first-order chi connectivity index (χ1) is 9.85. The Morgan fingerprint density at radius 3 is 3.20 bits per heavy atom. The lowest BCUT2D eigenvalue weighted by atomic mass is 10.2. The van der Waals surface area contributed by atoms with Gasteiger partial charge >= 0.3 is 0 Å². The van der Waals surface area contributed by atoms with Crippen molar-refractivity contribution in [3.05, 3.63) is 23.0 Å². The number of aromatic nitrogens is 3. The predicted octanol–water partition coefficient (Wildman–Crippen LogP) is 1.55.